The number of hydrogen-bond acceptors (Lipinski definition) is 6. The van der Waals surface area contributed by atoms with Gasteiger partial charge in [-0.2, -0.15) is 4.98 Å². The average molecular weight is 369 g/mol. The number of hydrogen-bond donors (Lipinski definition) is 1. The Bertz CT molecular complexity index is 967. The summed E-state index contributed by atoms with van der Waals surface area (Å²) in [7, 11) is 1.59. The summed E-state index contributed by atoms with van der Waals surface area (Å²) < 4.78 is 12.6. The fourth-order valence-electron chi connectivity index (χ4n) is 2.68. The van der Waals surface area contributed by atoms with Crippen LogP contribution < -0.4 is 14.8 Å². The van der Waals surface area contributed by atoms with Crippen molar-refractivity contribution in [2.45, 2.75) is 33.7 Å². The summed E-state index contributed by atoms with van der Waals surface area (Å²) in [4.78, 5) is 20.9. The highest BCUT2D eigenvalue weighted by atomic mass is 16.5. The Morgan fingerprint density at radius 1 is 1.19 bits per heavy atom. The minimum absolute atomic E-state index is 0.0889. The number of aryl methyl sites for hydroxylation is 2. The molecule has 0 aliphatic rings. The Kier molecular flexibility index (Phi) is 5.54. The summed E-state index contributed by atoms with van der Waals surface area (Å²) in [6.45, 7) is 6.76. The summed E-state index contributed by atoms with van der Waals surface area (Å²) >= 11 is 0. The summed E-state index contributed by atoms with van der Waals surface area (Å²) in [5.74, 6) is 1.47. The van der Waals surface area contributed by atoms with Crippen LogP contribution in [-0.2, 0) is 6.54 Å². The number of nitrogens with one attached hydrogen (secondary N) is 1. The third-order valence-electron chi connectivity index (χ3n) is 3.96. The van der Waals surface area contributed by atoms with Crippen LogP contribution in [0.3, 0.4) is 0 Å². The molecule has 1 N–H and O–H groups in total. The van der Waals surface area contributed by atoms with Crippen LogP contribution in [-0.4, -0.2) is 39.2 Å². The summed E-state index contributed by atoms with van der Waals surface area (Å²) in [6.07, 6.45) is 0.917. The third kappa shape index (κ3) is 4.16. The van der Waals surface area contributed by atoms with Crippen molar-refractivity contribution in [3.63, 3.8) is 0 Å². The van der Waals surface area contributed by atoms with Crippen LogP contribution in [0.15, 0.2) is 24.3 Å². The van der Waals surface area contributed by atoms with Crippen LogP contribution >= 0.6 is 0 Å². The molecule has 0 aliphatic heterocycles. The molecular formula is C19H23N5O3. The lowest BCUT2D eigenvalue weighted by molar-refractivity contribution is 0.0940. The lowest BCUT2D eigenvalue weighted by Crippen LogP contribution is -2.24. The zero-order chi connectivity index (χ0) is 19.4. The number of fused-ring (bicyclic) bond motifs is 1. The van der Waals surface area contributed by atoms with Crippen molar-refractivity contribution in [3.8, 4) is 11.5 Å². The predicted molar refractivity (Wildman–Crippen MR) is 100 cm³/mol. The van der Waals surface area contributed by atoms with Gasteiger partial charge >= 0.3 is 0 Å². The molecule has 0 bridgehead atoms. The molecule has 1 amide bonds. The molecule has 0 saturated heterocycles. The molecular weight excluding hydrogens is 346 g/mol. The first-order chi connectivity index (χ1) is 13.0. The Labute approximate surface area is 157 Å². The molecule has 142 valence electrons. The van der Waals surface area contributed by atoms with Gasteiger partial charge in [-0.25, -0.2) is 9.50 Å². The molecule has 8 heteroatoms. The van der Waals surface area contributed by atoms with Crippen molar-refractivity contribution in [1.82, 2.24) is 24.9 Å². The number of carbonyl (C=O) groups is 1. The minimum Gasteiger partial charge on any atom is -0.493 e. The zero-order valence-electron chi connectivity index (χ0n) is 15.9. The van der Waals surface area contributed by atoms with E-state index in [1.54, 1.807) is 11.6 Å². The Hall–Kier alpha value is -3.16. The number of benzene rings is 1. The van der Waals surface area contributed by atoms with Gasteiger partial charge in [0.1, 0.15) is 0 Å². The molecule has 0 atom stereocenters. The van der Waals surface area contributed by atoms with Crippen LogP contribution in [0.5, 0.6) is 11.5 Å². The summed E-state index contributed by atoms with van der Waals surface area (Å²) in [6, 6.07) is 7.46. The number of aromatic nitrogens is 4. The number of ether oxygens (including phenoxy) is 2. The number of rotatable bonds is 7. The second-order valence-corrected chi connectivity index (χ2v) is 6.20. The predicted octanol–water partition coefficient (Wildman–Crippen LogP) is 2.47. The maximum Gasteiger partial charge on any atom is 0.291 e. The standard InChI is InChI=1S/C19H23N5O3/c1-5-8-27-15-7-6-14(10-16(15)26-4)11-20-18(25)17-22-19-21-12(2)9-13(3)24(19)23-17/h6-7,9-10H,5,8,11H2,1-4H3,(H,20,25). The molecule has 27 heavy (non-hydrogen) atoms. The highest BCUT2D eigenvalue weighted by Crippen LogP contribution is 2.28. The van der Waals surface area contributed by atoms with Crippen LogP contribution in [0.4, 0.5) is 0 Å². The number of carbonyl (C=O) groups excluding carboxylic acids is 1. The molecule has 0 radical (unpaired) electrons. The molecule has 2 heterocycles. The van der Waals surface area contributed by atoms with Gasteiger partial charge in [0.05, 0.1) is 13.7 Å². The number of methoxy groups -OCH3 is 1. The largest absolute Gasteiger partial charge is 0.493 e. The zero-order valence-corrected chi connectivity index (χ0v) is 15.9. The summed E-state index contributed by atoms with van der Waals surface area (Å²) in [5, 5.41) is 7.06. The molecule has 0 unspecified atom stereocenters. The quantitative estimate of drug-likeness (QED) is 0.688. The Balaban J connectivity index is 1.71. The van der Waals surface area contributed by atoms with Gasteiger partial charge in [-0.3, -0.25) is 4.79 Å². The van der Waals surface area contributed by atoms with Gasteiger partial charge in [0.2, 0.25) is 5.82 Å². The van der Waals surface area contributed by atoms with Crippen LogP contribution in [0.1, 0.15) is 40.9 Å². The fourth-order valence-corrected chi connectivity index (χ4v) is 2.68. The highest BCUT2D eigenvalue weighted by Gasteiger charge is 2.15. The van der Waals surface area contributed by atoms with E-state index in [-0.39, 0.29) is 11.7 Å². The van der Waals surface area contributed by atoms with Gasteiger partial charge in [0, 0.05) is 17.9 Å². The van der Waals surface area contributed by atoms with Gasteiger partial charge in [-0.1, -0.05) is 13.0 Å². The van der Waals surface area contributed by atoms with E-state index in [2.05, 4.69) is 20.4 Å². The number of nitrogens with zero attached hydrogens (tertiary/aromatic N) is 4. The minimum atomic E-state index is -0.358. The van der Waals surface area contributed by atoms with Crippen molar-refractivity contribution >= 4 is 11.7 Å². The average Bonchev–Trinajstić information content (AvgIpc) is 3.09. The monoisotopic (exact) mass is 369 g/mol. The first kappa shape index (κ1) is 18.6. The van der Waals surface area contributed by atoms with E-state index in [0.717, 1.165) is 23.4 Å². The molecule has 3 rings (SSSR count). The van der Waals surface area contributed by atoms with Crippen LogP contribution in [0.2, 0.25) is 0 Å². The van der Waals surface area contributed by atoms with E-state index >= 15 is 0 Å². The summed E-state index contributed by atoms with van der Waals surface area (Å²) in [5.41, 5.74) is 2.59. The van der Waals surface area contributed by atoms with Gasteiger partial charge < -0.3 is 14.8 Å². The first-order valence-corrected chi connectivity index (χ1v) is 8.80. The van der Waals surface area contributed by atoms with Gasteiger partial charge in [0.25, 0.3) is 11.7 Å². The van der Waals surface area contributed by atoms with E-state index in [9.17, 15) is 4.79 Å². The topological polar surface area (TPSA) is 90.6 Å². The fraction of sp³-hybridized carbons (Fsp3) is 0.368. The molecule has 3 aromatic rings. The smallest absolute Gasteiger partial charge is 0.291 e. The van der Waals surface area contributed by atoms with Crippen molar-refractivity contribution in [2.75, 3.05) is 13.7 Å². The lowest BCUT2D eigenvalue weighted by Gasteiger charge is -2.11. The van der Waals surface area contributed by atoms with Crippen molar-refractivity contribution in [2.24, 2.45) is 0 Å². The molecule has 0 spiro atoms. The van der Waals surface area contributed by atoms with E-state index in [0.29, 0.717) is 30.4 Å². The lowest BCUT2D eigenvalue weighted by atomic mass is 10.2. The van der Waals surface area contributed by atoms with Crippen LogP contribution in [0, 0.1) is 13.8 Å². The van der Waals surface area contributed by atoms with E-state index < -0.39 is 0 Å². The Morgan fingerprint density at radius 3 is 2.74 bits per heavy atom. The number of amides is 1. The molecule has 8 nitrogen and oxygen atoms in total. The maximum atomic E-state index is 12.4. The Morgan fingerprint density at radius 2 is 2.00 bits per heavy atom. The second kappa shape index (κ2) is 8.03. The van der Waals surface area contributed by atoms with Crippen molar-refractivity contribution in [1.29, 1.82) is 0 Å². The second-order valence-electron chi connectivity index (χ2n) is 6.20. The highest BCUT2D eigenvalue weighted by molar-refractivity contribution is 5.90. The van der Waals surface area contributed by atoms with Gasteiger partial charge in [0.15, 0.2) is 11.5 Å². The van der Waals surface area contributed by atoms with Gasteiger partial charge in [-0.15, -0.1) is 5.10 Å². The SMILES string of the molecule is CCCOc1ccc(CNC(=O)c2nc3nc(C)cc(C)n3n2)cc1OC. The third-order valence-corrected chi connectivity index (χ3v) is 3.96. The molecule has 0 aliphatic carbocycles. The van der Waals surface area contributed by atoms with Crippen molar-refractivity contribution in [3.05, 3.63) is 47.0 Å². The van der Waals surface area contributed by atoms with E-state index in [1.165, 1.54) is 0 Å². The molecule has 0 saturated carbocycles. The van der Waals surface area contributed by atoms with E-state index in [4.69, 9.17) is 9.47 Å². The van der Waals surface area contributed by atoms with E-state index in [1.807, 2.05) is 45.0 Å². The van der Waals surface area contributed by atoms with Crippen molar-refractivity contribution < 1.29 is 14.3 Å². The van der Waals surface area contributed by atoms with Gasteiger partial charge in [-0.05, 0) is 44.0 Å². The maximum absolute atomic E-state index is 12.4. The molecule has 2 aromatic heterocycles. The van der Waals surface area contributed by atoms with Crippen LogP contribution in [0.25, 0.3) is 5.78 Å². The molecule has 1 aromatic carbocycles. The normalized spacial score (nSPS) is 10.8. The first-order valence-electron chi connectivity index (χ1n) is 8.80. The molecule has 0 fully saturated rings.